The van der Waals surface area contributed by atoms with Gasteiger partial charge < -0.3 is 9.80 Å². The van der Waals surface area contributed by atoms with Gasteiger partial charge in [-0.1, -0.05) is 146 Å². The van der Waals surface area contributed by atoms with Crippen molar-refractivity contribution in [3.05, 3.63) is 135 Å². The molecular formula is C66H77BN2S. The van der Waals surface area contributed by atoms with Gasteiger partial charge in [0.25, 0.3) is 6.71 Å². The van der Waals surface area contributed by atoms with Gasteiger partial charge in [-0.15, -0.1) is 11.3 Å². The van der Waals surface area contributed by atoms with E-state index in [2.05, 4.69) is 212 Å². The molecule has 0 saturated heterocycles. The van der Waals surface area contributed by atoms with Gasteiger partial charge in [0.05, 0.1) is 10.4 Å². The maximum Gasteiger partial charge on any atom is 0.252 e. The van der Waals surface area contributed by atoms with Crippen LogP contribution in [0.4, 0.5) is 34.1 Å². The molecule has 5 aliphatic rings. The molecule has 0 bridgehead atoms. The van der Waals surface area contributed by atoms with E-state index >= 15 is 0 Å². The first-order valence-corrected chi connectivity index (χ1v) is 27.7. The Morgan fingerprint density at radius 2 is 1.00 bits per heavy atom. The van der Waals surface area contributed by atoms with E-state index in [1.165, 1.54) is 159 Å². The molecule has 6 aromatic carbocycles. The van der Waals surface area contributed by atoms with E-state index < -0.39 is 0 Å². The van der Waals surface area contributed by atoms with Crippen molar-refractivity contribution in [2.45, 2.75) is 194 Å². The summed E-state index contributed by atoms with van der Waals surface area (Å²) in [6.45, 7) is 41.8. The second-order valence-electron chi connectivity index (χ2n) is 27.9. The molecule has 0 amide bonds. The molecule has 7 aromatic rings. The van der Waals surface area contributed by atoms with Crippen LogP contribution in [0.15, 0.2) is 84.9 Å². The number of hydrogen-bond donors (Lipinski definition) is 0. The zero-order valence-electron chi connectivity index (χ0n) is 45.7. The highest BCUT2D eigenvalue weighted by Gasteiger charge is 2.49. The topological polar surface area (TPSA) is 6.48 Å². The number of anilines is 6. The van der Waals surface area contributed by atoms with Gasteiger partial charge in [0.1, 0.15) is 0 Å². The Labute approximate surface area is 425 Å². The van der Waals surface area contributed by atoms with Crippen molar-refractivity contribution in [2.75, 3.05) is 9.80 Å². The summed E-state index contributed by atoms with van der Waals surface area (Å²) in [6, 6.07) is 35.5. The van der Waals surface area contributed by atoms with E-state index in [0.29, 0.717) is 0 Å². The van der Waals surface area contributed by atoms with Crippen LogP contribution in [0.2, 0.25) is 0 Å². The minimum atomic E-state index is 0.00226. The lowest BCUT2D eigenvalue weighted by Crippen LogP contribution is -2.62. The smallest absolute Gasteiger partial charge is 0.252 e. The SMILES string of the molecule is Cc1cc2c3c(c1)N(c1cc4c(cc1C)C(C)(C)CCC4(C)C)c1c(ccc4c1sc1cccc(C(C)(C)C)c14)B3c1cc3c(cc1N2c1ccc2c(c1)C(C)(C)CCC2(C)C)C(C)(C)CCC3(C)C. The Morgan fingerprint density at radius 3 is 1.59 bits per heavy atom. The molecule has 4 heteroatoms. The predicted molar refractivity (Wildman–Crippen MR) is 307 cm³/mol. The lowest BCUT2D eigenvalue weighted by Gasteiger charge is -2.48. The van der Waals surface area contributed by atoms with Crippen LogP contribution in [-0.2, 0) is 37.9 Å². The van der Waals surface area contributed by atoms with Crippen molar-refractivity contribution in [1.82, 2.24) is 0 Å². The second kappa shape index (κ2) is 14.5. The summed E-state index contributed by atoms with van der Waals surface area (Å²) < 4.78 is 2.78. The summed E-state index contributed by atoms with van der Waals surface area (Å²) in [7, 11) is 0. The number of fused-ring (bicyclic) bond motifs is 11. The van der Waals surface area contributed by atoms with Crippen molar-refractivity contribution in [3.8, 4) is 0 Å². The third kappa shape index (κ3) is 6.48. The average Bonchev–Trinajstić information content (AvgIpc) is 3.67. The molecule has 3 aliphatic carbocycles. The Bertz CT molecular complexity index is 3420. The molecule has 3 heterocycles. The molecular weight excluding hydrogens is 864 g/mol. The van der Waals surface area contributed by atoms with Gasteiger partial charge >= 0.3 is 0 Å². The molecule has 70 heavy (non-hydrogen) atoms. The van der Waals surface area contributed by atoms with Gasteiger partial charge in [-0.3, -0.25) is 0 Å². The summed E-state index contributed by atoms with van der Waals surface area (Å²) >= 11 is 2.01. The Morgan fingerprint density at radius 1 is 0.486 bits per heavy atom. The molecule has 0 radical (unpaired) electrons. The normalized spacial score (nSPS) is 20.6. The molecule has 360 valence electrons. The van der Waals surface area contributed by atoms with Gasteiger partial charge in [0, 0.05) is 43.9 Å². The summed E-state index contributed by atoms with van der Waals surface area (Å²) in [5.74, 6) is 0. The molecule has 0 atom stereocenters. The zero-order valence-corrected chi connectivity index (χ0v) is 46.5. The van der Waals surface area contributed by atoms with Crippen LogP contribution in [0.5, 0.6) is 0 Å². The van der Waals surface area contributed by atoms with E-state index in [4.69, 9.17) is 0 Å². The maximum absolute atomic E-state index is 2.78. The van der Waals surface area contributed by atoms with E-state index in [1.807, 2.05) is 11.3 Å². The maximum atomic E-state index is 2.78. The van der Waals surface area contributed by atoms with Crippen LogP contribution in [0.25, 0.3) is 20.2 Å². The van der Waals surface area contributed by atoms with Crippen LogP contribution in [0.3, 0.4) is 0 Å². The van der Waals surface area contributed by atoms with Gasteiger partial charge in [-0.05, 0) is 199 Å². The quantitative estimate of drug-likeness (QED) is 0.159. The number of rotatable bonds is 2. The standard InChI is InChI=1S/C66H77BN2S/c1-38-31-53-57-54(32-38)69(51-36-47-44(33-39(51)2)62(8,9)27-29-65(47,14)15)58-49(24-22-41-56-43(60(3,4)5)19-18-20-55(56)70-59(41)58)67(57)50-35-46-48(66(16,17)30-28-64(46,12)13)37-52(50)68(53)40-21-23-42-45(34-40)63(10,11)26-25-61(42,6)7/h18-24,31-37H,25-30H2,1-17H3. The molecule has 2 nitrogen and oxygen atoms in total. The first kappa shape index (κ1) is 46.3. The van der Waals surface area contributed by atoms with E-state index in [-0.39, 0.29) is 44.6 Å². The average molecular weight is 941 g/mol. The van der Waals surface area contributed by atoms with Gasteiger partial charge in [0.15, 0.2) is 0 Å². The molecule has 1 aromatic heterocycles. The van der Waals surface area contributed by atoms with Crippen LogP contribution >= 0.6 is 11.3 Å². The summed E-state index contributed by atoms with van der Waals surface area (Å²) in [6.07, 6.45) is 7.15. The first-order valence-electron chi connectivity index (χ1n) is 26.8. The minimum absolute atomic E-state index is 0.00226. The monoisotopic (exact) mass is 941 g/mol. The highest BCUT2D eigenvalue weighted by molar-refractivity contribution is 7.26. The van der Waals surface area contributed by atoms with Gasteiger partial charge in [-0.2, -0.15) is 0 Å². The third-order valence-electron chi connectivity index (χ3n) is 19.1. The van der Waals surface area contributed by atoms with Crippen molar-refractivity contribution < 1.29 is 0 Å². The Kier molecular flexibility index (Phi) is 9.56. The molecule has 0 fully saturated rings. The number of hydrogen-bond acceptors (Lipinski definition) is 3. The molecule has 2 aliphatic heterocycles. The first-order chi connectivity index (χ1) is 32.6. The molecule has 0 N–H and O–H groups in total. The highest BCUT2D eigenvalue weighted by atomic mass is 32.1. The van der Waals surface area contributed by atoms with Crippen molar-refractivity contribution >= 4 is 88.7 Å². The van der Waals surface area contributed by atoms with Crippen LogP contribution in [0, 0.1) is 13.8 Å². The van der Waals surface area contributed by atoms with Gasteiger partial charge in [0.2, 0.25) is 0 Å². The lowest BCUT2D eigenvalue weighted by molar-refractivity contribution is 0.332. The van der Waals surface area contributed by atoms with E-state index in [1.54, 1.807) is 0 Å². The van der Waals surface area contributed by atoms with Crippen LogP contribution in [0.1, 0.15) is 192 Å². The summed E-state index contributed by atoms with van der Waals surface area (Å²) in [5, 5.41) is 2.80. The van der Waals surface area contributed by atoms with Crippen molar-refractivity contribution in [3.63, 3.8) is 0 Å². The fraction of sp³-hybridized carbons (Fsp3) is 0.455. The van der Waals surface area contributed by atoms with Gasteiger partial charge in [-0.25, -0.2) is 0 Å². The molecule has 12 rings (SSSR count). The van der Waals surface area contributed by atoms with Crippen molar-refractivity contribution in [2.24, 2.45) is 0 Å². The summed E-state index contributed by atoms with van der Waals surface area (Å²) in [4.78, 5) is 5.52. The van der Waals surface area contributed by atoms with Crippen LogP contribution < -0.4 is 26.2 Å². The van der Waals surface area contributed by atoms with Crippen molar-refractivity contribution in [1.29, 1.82) is 0 Å². The number of thiophene rings is 1. The number of aryl methyl sites for hydroxylation is 2. The third-order valence-corrected chi connectivity index (χ3v) is 20.3. The van der Waals surface area contributed by atoms with E-state index in [9.17, 15) is 0 Å². The highest BCUT2D eigenvalue weighted by Crippen LogP contribution is 2.56. The molecule has 0 spiro atoms. The minimum Gasteiger partial charge on any atom is -0.311 e. The second-order valence-corrected chi connectivity index (χ2v) is 29.0. The van der Waals surface area contributed by atoms with E-state index in [0.717, 1.165) is 0 Å². The lowest BCUT2D eigenvalue weighted by atomic mass is 9.33. The zero-order chi connectivity index (χ0) is 49.8. The molecule has 0 unspecified atom stereocenters. The number of benzene rings is 6. The predicted octanol–water partition coefficient (Wildman–Crippen LogP) is 17.1. The largest absolute Gasteiger partial charge is 0.311 e. The van der Waals surface area contributed by atoms with Crippen LogP contribution in [-0.4, -0.2) is 6.71 Å². The summed E-state index contributed by atoms with van der Waals surface area (Å²) in [5.41, 5.74) is 26.0. The molecule has 0 saturated carbocycles. The number of nitrogens with zero attached hydrogens (tertiary/aromatic N) is 2. The Balaban J connectivity index is 1.24. The Hall–Kier alpha value is -4.80. The fourth-order valence-electron chi connectivity index (χ4n) is 14.4. The fourth-order valence-corrected chi connectivity index (χ4v) is 15.6.